The van der Waals surface area contributed by atoms with E-state index in [1.54, 1.807) is 0 Å². The summed E-state index contributed by atoms with van der Waals surface area (Å²) in [4.78, 5) is 19.0. The highest BCUT2D eigenvalue weighted by Crippen LogP contribution is 2.42. The second-order valence-corrected chi connectivity index (χ2v) is 9.80. The number of aliphatic hydroxyl groups is 1. The van der Waals surface area contributed by atoms with Gasteiger partial charge >= 0.3 is 0 Å². The van der Waals surface area contributed by atoms with Crippen LogP contribution >= 0.6 is 0 Å². The smallest absolute Gasteiger partial charge is 0.266 e. The van der Waals surface area contributed by atoms with E-state index in [4.69, 9.17) is 19.6 Å². The number of unbranched alkanes of at least 4 members (excludes halogenated alkanes) is 2. The largest absolute Gasteiger partial charge is 0.494 e. The topological polar surface area (TPSA) is 92.2 Å². The van der Waals surface area contributed by atoms with Crippen LogP contribution in [-0.2, 0) is 9.53 Å². The maximum atomic E-state index is 14.0. The number of nitrogens with zero attached hydrogens (tertiary/aromatic N) is 1. The highest BCUT2D eigenvalue weighted by atomic mass is 16.5. The molecule has 7 heteroatoms. The van der Waals surface area contributed by atoms with Crippen LogP contribution in [0.15, 0.2) is 96.0 Å². The SMILES string of the molecule is CCCCCNNC(=O)[C@@]1(C/C=C/c2ccccc2)N=C(c2ccc(OCCCO)cc2)O[C@H]1c1ccccc1. The van der Waals surface area contributed by atoms with Crippen molar-refractivity contribution in [1.82, 2.24) is 10.9 Å². The third kappa shape index (κ3) is 7.58. The molecule has 1 amide bonds. The first-order valence-electron chi connectivity index (χ1n) is 14.1. The molecule has 0 aromatic heterocycles. The van der Waals surface area contributed by atoms with E-state index in [-0.39, 0.29) is 12.5 Å². The minimum absolute atomic E-state index is 0.0833. The van der Waals surface area contributed by atoms with Crippen molar-refractivity contribution in [3.05, 3.63) is 108 Å². The molecule has 4 rings (SSSR count). The number of carbonyl (C=O) groups excluding carboxylic acids is 1. The number of hydrazine groups is 1. The molecule has 0 aliphatic carbocycles. The van der Waals surface area contributed by atoms with E-state index in [0.717, 1.165) is 36.0 Å². The van der Waals surface area contributed by atoms with E-state index in [2.05, 4.69) is 17.8 Å². The molecular weight excluding hydrogens is 502 g/mol. The highest BCUT2D eigenvalue weighted by molar-refractivity contribution is 6.01. The summed E-state index contributed by atoms with van der Waals surface area (Å²) in [6.45, 7) is 3.35. The van der Waals surface area contributed by atoms with Crippen molar-refractivity contribution >= 4 is 17.9 Å². The fraction of sp³-hybridized carbons (Fsp3) is 0.333. The Hall–Kier alpha value is -3.94. The van der Waals surface area contributed by atoms with E-state index in [9.17, 15) is 4.79 Å². The molecule has 0 unspecified atom stereocenters. The molecule has 1 aliphatic rings. The molecule has 3 aromatic rings. The molecule has 40 heavy (non-hydrogen) atoms. The number of hydrogen-bond donors (Lipinski definition) is 3. The van der Waals surface area contributed by atoms with Gasteiger partial charge in [0.25, 0.3) is 5.91 Å². The van der Waals surface area contributed by atoms with Crippen molar-refractivity contribution in [2.24, 2.45) is 4.99 Å². The summed E-state index contributed by atoms with van der Waals surface area (Å²) in [6.07, 6.45) is 7.46. The molecule has 210 valence electrons. The van der Waals surface area contributed by atoms with Crippen LogP contribution < -0.4 is 15.6 Å². The summed E-state index contributed by atoms with van der Waals surface area (Å²) in [5, 5.41) is 9.01. The predicted octanol–water partition coefficient (Wildman–Crippen LogP) is 5.62. The number of aliphatic hydroxyl groups excluding tert-OH is 1. The van der Waals surface area contributed by atoms with Gasteiger partial charge in [-0.1, -0.05) is 92.6 Å². The molecule has 0 bridgehead atoms. The zero-order valence-electron chi connectivity index (χ0n) is 23.1. The van der Waals surface area contributed by atoms with Gasteiger partial charge in [0.15, 0.2) is 11.6 Å². The molecule has 0 spiro atoms. The van der Waals surface area contributed by atoms with E-state index in [1.165, 1.54) is 0 Å². The van der Waals surface area contributed by atoms with Gasteiger partial charge in [-0.3, -0.25) is 10.2 Å². The van der Waals surface area contributed by atoms with Gasteiger partial charge in [0, 0.05) is 31.6 Å². The number of benzene rings is 3. The average molecular weight is 542 g/mol. The van der Waals surface area contributed by atoms with Crippen LogP contribution in [0, 0.1) is 0 Å². The first-order chi connectivity index (χ1) is 19.7. The number of ether oxygens (including phenoxy) is 2. The summed E-state index contributed by atoms with van der Waals surface area (Å²) in [7, 11) is 0. The molecular formula is C33H39N3O4. The second-order valence-electron chi connectivity index (χ2n) is 9.80. The first kappa shape index (κ1) is 29.1. The molecule has 0 radical (unpaired) electrons. The molecule has 0 saturated heterocycles. The van der Waals surface area contributed by atoms with Crippen LogP contribution in [0.5, 0.6) is 5.75 Å². The molecule has 1 aliphatic heterocycles. The summed E-state index contributed by atoms with van der Waals surface area (Å²) >= 11 is 0. The van der Waals surface area contributed by atoms with E-state index in [1.807, 2.05) is 97.1 Å². The van der Waals surface area contributed by atoms with Gasteiger partial charge in [-0.15, -0.1) is 0 Å². The van der Waals surface area contributed by atoms with Crippen molar-refractivity contribution in [2.75, 3.05) is 19.8 Å². The Morgan fingerprint density at radius 1 is 1.00 bits per heavy atom. The van der Waals surface area contributed by atoms with Gasteiger partial charge in [-0.2, -0.15) is 0 Å². The molecule has 1 heterocycles. The quantitative estimate of drug-likeness (QED) is 0.172. The lowest BCUT2D eigenvalue weighted by atomic mass is 9.84. The molecule has 0 fully saturated rings. The van der Waals surface area contributed by atoms with E-state index >= 15 is 0 Å². The van der Waals surface area contributed by atoms with Crippen molar-refractivity contribution < 1.29 is 19.4 Å². The highest BCUT2D eigenvalue weighted by Gasteiger charge is 2.52. The lowest BCUT2D eigenvalue weighted by Gasteiger charge is -2.29. The lowest BCUT2D eigenvalue weighted by Crippen LogP contribution is -2.52. The van der Waals surface area contributed by atoms with Crippen molar-refractivity contribution in [3.63, 3.8) is 0 Å². The van der Waals surface area contributed by atoms with E-state index in [0.29, 0.717) is 37.6 Å². The van der Waals surface area contributed by atoms with Crippen LogP contribution in [0.2, 0.25) is 0 Å². The van der Waals surface area contributed by atoms with Crippen LogP contribution in [0.25, 0.3) is 6.08 Å². The zero-order chi connectivity index (χ0) is 28.0. The van der Waals surface area contributed by atoms with Crippen LogP contribution in [-0.4, -0.2) is 42.2 Å². The van der Waals surface area contributed by atoms with Crippen molar-refractivity contribution in [2.45, 2.75) is 50.7 Å². The van der Waals surface area contributed by atoms with Gasteiger partial charge < -0.3 is 14.6 Å². The minimum atomic E-state index is -1.23. The third-order valence-electron chi connectivity index (χ3n) is 6.78. The lowest BCUT2D eigenvalue weighted by molar-refractivity contribution is -0.129. The third-order valence-corrected chi connectivity index (χ3v) is 6.78. The van der Waals surface area contributed by atoms with Crippen molar-refractivity contribution in [1.29, 1.82) is 0 Å². The van der Waals surface area contributed by atoms with Crippen LogP contribution in [0.4, 0.5) is 0 Å². The Labute approximate surface area is 236 Å². The second kappa shape index (κ2) is 15.0. The van der Waals surface area contributed by atoms with Gasteiger partial charge in [0.2, 0.25) is 5.90 Å². The van der Waals surface area contributed by atoms with Crippen LogP contribution in [0.1, 0.15) is 61.8 Å². The molecule has 2 atom stereocenters. The Morgan fingerprint density at radius 3 is 2.42 bits per heavy atom. The predicted molar refractivity (Wildman–Crippen MR) is 159 cm³/mol. The number of rotatable bonds is 15. The van der Waals surface area contributed by atoms with Gasteiger partial charge in [-0.05, 0) is 41.8 Å². The zero-order valence-corrected chi connectivity index (χ0v) is 23.1. The Morgan fingerprint density at radius 2 is 1.73 bits per heavy atom. The van der Waals surface area contributed by atoms with Crippen molar-refractivity contribution in [3.8, 4) is 5.75 Å². The van der Waals surface area contributed by atoms with Gasteiger partial charge in [-0.25, -0.2) is 10.4 Å². The number of amides is 1. The monoisotopic (exact) mass is 541 g/mol. The van der Waals surface area contributed by atoms with Crippen LogP contribution in [0.3, 0.4) is 0 Å². The number of hydrogen-bond acceptors (Lipinski definition) is 6. The molecule has 7 nitrogen and oxygen atoms in total. The maximum absolute atomic E-state index is 14.0. The summed E-state index contributed by atoms with van der Waals surface area (Å²) < 4.78 is 12.2. The Kier molecular flexibility index (Phi) is 10.9. The normalized spacial score (nSPS) is 18.4. The number of nitrogens with one attached hydrogen (secondary N) is 2. The first-order valence-corrected chi connectivity index (χ1v) is 14.1. The summed E-state index contributed by atoms with van der Waals surface area (Å²) in [6, 6.07) is 27.2. The average Bonchev–Trinajstić information content (AvgIpc) is 3.39. The molecule has 3 aromatic carbocycles. The maximum Gasteiger partial charge on any atom is 0.266 e. The summed E-state index contributed by atoms with van der Waals surface area (Å²) in [5.74, 6) is 0.862. The fourth-order valence-electron chi connectivity index (χ4n) is 4.60. The summed E-state index contributed by atoms with van der Waals surface area (Å²) in [5.41, 5.74) is 7.49. The standard InChI is InChI=1S/C33H39N3O4/c1-2-3-10-23-34-36-32(38)33(22-11-15-26-13-6-4-7-14-26)30(27-16-8-5-9-17-27)40-31(35-33)28-18-20-29(21-19-28)39-25-12-24-37/h4-9,11,13-21,30,34,37H,2-3,10,12,22-25H2,1H3,(H,36,38)/b15-11+/t30-,33-/m0/s1. The van der Waals surface area contributed by atoms with Gasteiger partial charge in [0.05, 0.1) is 6.61 Å². The Balaban J connectivity index is 1.66. The fourth-order valence-corrected chi connectivity index (χ4v) is 4.60. The Bertz CT molecular complexity index is 1250. The minimum Gasteiger partial charge on any atom is -0.494 e. The number of carbonyl (C=O) groups is 1. The van der Waals surface area contributed by atoms with Gasteiger partial charge in [0.1, 0.15) is 5.75 Å². The van der Waals surface area contributed by atoms with E-state index < -0.39 is 11.6 Å². The molecule has 3 N–H and O–H groups in total. The number of aliphatic imine (C=N–C) groups is 1. The molecule has 0 saturated carbocycles.